The molecule has 0 atom stereocenters. The topological polar surface area (TPSA) is 32.3 Å². The molecule has 0 aromatic heterocycles. The highest BCUT2D eigenvalue weighted by Gasteiger charge is 2.12. The molecule has 0 fully saturated rings. The van der Waals surface area contributed by atoms with Crippen molar-refractivity contribution < 1.29 is 13.6 Å². The zero-order valence-electron chi connectivity index (χ0n) is 10.7. The highest BCUT2D eigenvalue weighted by atomic mass is 19.2. The van der Waals surface area contributed by atoms with Crippen LogP contribution in [0.4, 0.5) is 8.78 Å². The van der Waals surface area contributed by atoms with Gasteiger partial charge in [0.05, 0.1) is 0 Å². The van der Waals surface area contributed by atoms with Gasteiger partial charge >= 0.3 is 0 Å². The number of nitrogens with zero attached hydrogens (tertiary/aromatic N) is 1. The van der Waals surface area contributed by atoms with E-state index < -0.39 is 11.6 Å². The van der Waals surface area contributed by atoms with E-state index in [-0.39, 0.29) is 5.91 Å². The van der Waals surface area contributed by atoms with E-state index in [0.717, 1.165) is 12.1 Å². The summed E-state index contributed by atoms with van der Waals surface area (Å²) >= 11 is 0. The highest BCUT2D eigenvalue weighted by Crippen LogP contribution is 2.11. The lowest BCUT2D eigenvalue weighted by Crippen LogP contribution is -2.32. The average molecular weight is 256 g/mol. The average Bonchev–Trinajstić information content (AvgIpc) is 2.37. The Labute approximate surface area is 106 Å². The highest BCUT2D eigenvalue weighted by molar-refractivity contribution is 5.76. The zero-order chi connectivity index (χ0) is 13.5. The first-order valence-corrected chi connectivity index (χ1v) is 5.94. The number of hydrogen-bond acceptors (Lipinski definition) is 2. The largest absolute Gasteiger partial charge is 0.339 e. The van der Waals surface area contributed by atoms with Crippen molar-refractivity contribution in [2.75, 3.05) is 20.1 Å². The van der Waals surface area contributed by atoms with Crippen molar-refractivity contribution in [2.45, 2.75) is 19.9 Å². The van der Waals surface area contributed by atoms with Crippen molar-refractivity contribution in [3.63, 3.8) is 0 Å². The molecule has 1 aromatic rings. The summed E-state index contributed by atoms with van der Waals surface area (Å²) in [6.45, 7) is 3.31. The maximum atomic E-state index is 13.0. The van der Waals surface area contributed by atoms with Crippen molar-refractivity contribution in [3.05, 3.63) is 35.4 Å². The maximum Gasteiger partial charge on any atom is 0.224 e. The predicted molar refractivity (Wildman–Crippen MR) is 66.0 cm³/mol. The van der Waals surface area contributed by atoms with Crippen LogP contribution in [-0.4, -0.2) is 30.9 Å². The molecule has 3 nitrogen and oxygen atoms in total. The van der Waals surface area contributed by atoms with E-state index in [0.29, 0.717) is 31.6 Å². The standard InChI is InChI=1S/C13H18F2N2O/c1-3-17(13(18)6-7-16-2)9-10-4-5-11(14)12(15)8-10/h4-5,8,16H,3,6-7,9H2,1-2H3. The van der Waals surface area contributed by atoms with Gasteiger partial charge in [-0.05, 0) is 31.7 Å². The Kier molecular flexibility index (Phi) is 5.71. The van der Waals surface area contributed by atoms with Gasteiger partial charge in [0.2, 0.25) is 5.91 Å². The molecule has 1 rings (SSSR count). The molecule has 0 radical (unpaired) electrons. The van der Waals surface area contributed by atoms with Gasteiger partial charge in [-0.2, -0.15) is 0 Å². The second kappa shape index (κ2) is 7.06. The second-order valence-corrected chi connectivity index (χ2v) is 4.01. The van der Waals surface area contributed by atoms with Crippen molar-refractivity contribution in [2.24, 2.45) is 0 Å². The molecule has 0 saturated carbocycles. The number of carbonyl (C=O) groups excluding carboxylic acids is 1. The van der Waals surface area contributed by atoms with Crippen molar-refractivity contribution in [1.82, 2.24) is 10.2 Å². The molecular weight excluding hydrogens is 238 g/mol. The van der Waals surface area contributed by atoms with Gasteiger partial charge in [-0.3, -0.25) is 4.79 Å². The molecule has 1 N–H and O–H groups in total. The summed E-state index contributed by atoms with van der Waals surface area (Å²) in [4.78, 5) is 13.4. The normalized spacial score (nSPS) is 10.4. The number of halogens is 2. The zero-order valence-corrected chi connectivity index (χ0v) is 10.7. The van der Waals surface area contributed by atoms with Crippen molar-refractivity contribution in [1.29, 1.82) is 0 Å². The smallest absolute Gasteiger partial charge is 0.224 e. The molecule has 5 heteroatoms. The minimum atomic E-state index is -0.883. The molecule has 0 spiro atoms. The Morgan fingerprint density at radius 1 is 1.33 bits per heavy atom. The number of amides is 1. The SMILES string of the molecule is CCN(Cc1ccc(F)c(F)c1)C(=O)CCNC. The van der Waals surface area contributed by atoms with Crippen LogP contribution >= 0.6 is 0 Å². The number of carbonyl (C=O) groups is 1. The predicted octanol–water partition coefficient (Wildman–Crippen LogP) is 1.92. The number of nitrogens with one attached hydrogen (secondary N) is 1. The second-order valence-electron chi connectivity index (χ2n) is 4.01. The third-order valence-corrected chi connectivity index (χ3v) is 2.68. The Bertz CT molecular complexity index is 410. The number of hydrogen-bond donors (Lipinski definition) is 1. The van der Waals surface area contributed by atoms with Crippen LogP contribution in [-0.2, 0) is 11.3 Å². The van der Waals surface area contributed by atoms with Crippen LogP contribution in [0.2, 0.25) is 0 Å². The van der Waals surface area contributed by atoms with Crippen LogP contribution in [0.25, 0.3) is 0 Å². The molecule has 0 heterocycles. The molecule has 1 aromatic carbocycles. The first-order valence-electron chi connectivity index (χ1n) is 5.94. The van der Waals surface area contributed by atoms with Gasteiger partial charge in [0.1, 0.15) is 0 Å². The molecule has 1 amide bonds. The summed E-state index contributed by atoms with van der Waals surface area (Å²) in [6, 6.07) is 3.70. The molecule has 0 unspecified atom stereocenters. The van der Waals surface area contributed by atoms with E-state index in [1.165, 1.54) is 6.07 Å². The lowest BCUT2D eigenvalue weighted by molar-refractivity contribution is -0.131. The van der Waals surface area contributed by atoms with E-state index in [9.17, 15) is 13.6 Å². The lowest BCUT2D eigenvalue weighted by Gasteiger charge is -2.21. The number of rotatable bonds is 6. The first-order chi connectivity index (χ1) is 8.58. The van der Waals surface area contributed by atoms with Gasteiger partial charge < -0.3 is 10.2 Å². The number of benzene rings is 1. The summed E-state index contributed by atoms with van der Waals surface area (Å²) < 4.78 is 25.8. The van der Waals surface area contributed by atoms with E-state index in [4.69, 9.17) is 0 Å². The molecule has 0 saturated heterocycles. The minimum Gasteiger partial charge on any atom is -0.339 e. The Hall–Kier alpha value is -1.49. The monoisotopic (exact) mass is 256 g/mol. The molecule has 0 aliphatic heterocycles. The van der Waals surface area contributed by atoms with Gasteiger partial charge in [0.15, 0.2) is 11.6 Å². The summed E-state index contributed by atoms with van der Waals surface area (Å²) in [5, 5.41) is 2.90. The van der Waals surface area contributed by atoms with Crippen molar-refractivity contribution >= 4 is 5.91 Å². The van der Waals surface area contributed by atoms with Crippen molar-refractivity contribution in [3.8, 4) is 0 Å². The van der Waals surface area contributed by atoms with Crippen LogP contribution in [0, 0.1) is 11.6 Å². The Morgan fingerprint density at radius 3 is 2.61 bits per heavy atom. The lowest BCUT2D eigenvalue weighted by atomic mass is 10.2. The first kappa shape index (κ1) is 14.6. The van der Waals surface area contributed by atoms with E-state index in [2.05, 4.69) is 5.32 Å². The molecule has 0 aliphatic carbocycles. The summed E-state index contributed by atoms with van der Waals surface area (Å²) in [6.07, 6.45) is 0.397. The van der Waals surface area contributed by atoms with E-state index in [1.54, 1.807) is 11.9 Å². The summed E-state index contributed by atoms with van der Waals surface area (Å²) in [7, 11) is 1.78. The Balaban J connectivity index is 2.67. The summed E-state index contributed by atoms with van der Waals surface area (Å²) in [5.74, 6) is -1.76. The fraction of sp³-hybridized carbons (Fsp3) is 0.462. The third kappa shape index (κ3) is 4.07. The molecule has 100 valence electrons. The van der Waals surface area contributed by atoms with Gasteiger partial charge in [0.25, 0.3) is 0 Å². The fourth-order valence-electron chi connectivity index (χ4n) is 1.62. The summed E-state index contributed by atoms with van der Waals surface area (Å²) in [5.41, 5.74) is 0.591. The van der Waals surface area contributed by atoms with E-state index >= 15 is 0 Å². The molecule has 0 bridgehead atoms. The van der Waals surface area contributed by atoms with Crippen LogP contribution < -0.4 is 5.32 Å². The van der Waals surface area contributed by atoms with Crippen LogP contribution in [0.1, 0.15) is 18.9 Å². The van der Waals surface area contributed by atoms with Crippen LogP contribution in [0.3, 0.4) is 0 Å². The maximum absolute atomic E-state index is 13.0. The van der Waals surface area contributed by atoms with E-state index in [1.807, 2.05) is 6.92 Å². The Morgan fingerprint density at radius 2 is 2.06 bits per heavy atom. The molecular formula is C13H18F2N2O. The fourth-order valence-corrected chi connectivity index (χ4v) is 1.62. The quantitative estimate of drug-likeness (QED) is 0.843. The minimum absolute atomic E-state index is 0.00316. The van der Waals surface area contributed by atoms with Gasteiger partial charge in [-0.1, -0.05) is 6.07 Å². The van der Waals surface area contributed by atoms with Gasteiger partial charge in [0, 0.05) is 26.1 Å². The van der Waals surface area contributed by atoms with Gasteiger partial charge in [-0.15, -0.1) is 0 Å². The molecule has 0 aliphatic rings. The van der Waals surface area contributed by atoms with Gasteiger partial charge in [-0.25, -0.2) is 8.78 Å². The van der Waals surface area contributed by atoms with Crippen LogP contribution in [0.5, 0.6) is 0 Å². The van der Waals surface area contributed by atoms with Crippen LogP contribution in [0.15, 0.2) is 18.2 Å². The third-order valence-electron chi connectivity index (χ3n) is 2.68. The molecule has 18 heavy (non-hydrogen) atoms.